The molecule has 0 spiro atoms. The molecule has 5 nitrogen and oxygen atoms in total. The summed E-state index contributed by atoms with van der Waals surface area (Å²) in [6.45, 7) is 9.23. The van der Waals surface area contributed by atoms with Crippen LogP contribution in [0.2, 0.25) is 15.1 Å². The summed E-state index contributed by atoms with van der Waals surface area (Å²) in [5.74, 6) is 0.786. The molecule has 1 heterocycles. The molecular weight excluding hydrogens is 479 g/mol. The molecule has 0 fully saturated rings. The molecule has 0 aliphatic carbocycles. The van der Waals surface area contributed by atoms with Gasteiger partial charge in [-0.2, -0.15) is 0 Å². The Kier molecular flexibility index (Phi) is 8.98. The van der Waals surface area contributed by atoms with Gasteiger partial charge in [0.2, 0.25) is 0 Å². The molecule has 33 heavy (non-hydrogen) atoms. The fourth-order valence-corrected chi connectivity index (χ4v) is 4.01. The molecule has 3 rings (SSSR count). The van der Waals surface area contributed by atoms with Crippen molar-refractivity contribution in [3.63, 3.8) is 0 Å². The van der Waals surface area contributed by atoms with Gasteiger partial charge in [0.1, 0.15) is 11.5 Å². The SMILES string of the molecule is C=CCC(C)C(C)NCCNC(=O)c1cn(-c2ccc(Cl)cc2Cl)c(-c2ccc(Cl)cc2)n1. The van der Waals surface area contributed by atoms with Gasteiger partial charge in [0.25, 0.3) is 5.91 Å². The summed E-state index contributed by atoms with van der Waals surface area (Å²) in [7, 11) is 0. The number of nitrogens with one attached hydrogen (secondary N) is 2. The van der Waals surface area contributed by atoms with E-state index in [0.29, 0.717) is 57.3 Å². The number of hydrogen-bond acceptors (Lipinski definition) is 3. The van der Waals surface area contributed by atoms with Crippen molar-refractivity contribution in [3.8, 4) is 17.1 Å². The number of nitrogens with zero attached hydrogens (tertiary/aromatic N) is 2. The number of amides is 1. The van der Waals surface area contributed by atoms with Crippen molar-refractivity contribution in [2.24, 2.45) is 5.92 Å². The normalized spacial score (nSPS) is 12.9. The molecule has 0 aliphatic heterocycles. The van der Waals surface area contributed by atoms with Crippen LogP contribution in [-0.2, 0) is 0 Å². The molecule has 3 aromatic rings. The van der Waals surface area contributed by atoms with Gasteiger partial charge >= 0.3 is 0 Å². The van der Waals surface area contributed by atoms with E-state index in [-0.39, 0.29) is 5.91 Å². The summed E-state index contributed by atoms with van der Waals surface area (Å²) in [4.78, 5) is 17.4. The Bertz CT molecular complexity index is 1110. The van der Waals surface area contributed by atoms with Crippen LogP contribution in [0, 0.1) is 5.92 Å². The van der Waals surface area contributed by atoms with Crippen molar-refractivity contribution in [3.05, 3.63) is 82.1 Å². The monoisotopic (exact) mass is 504 g/mol. The second kappa shape index (κ2) is 11.7. The Morgan fingerprint density at radius 2 is 1.79 bits per heavy atom. The Balaban J connectivity index is 1.79. The van der Waals surface area contributed by atoms with Crippen LogP contribution in [0.5, 0.6) is 0 Å². The zero-order valence-corrected chi connectivity index (χ0v) is 20.9. The lowest BCUT2D eigenvalue weighted by molar-refractivity contribution is 0.0949. The molecule has 0 aliphatic rings. The summed E-state index contributed by atoms with van der Waals surface area (Å²) in [5.41, 5.74) is 1.76. The minimum absolute atomic E-state index is 0.261. The summed E-state index contributed by atoms with van der Waals surface area (Å²) in [5, 5.41) is 7.95. The summed E-state index contributed by atoms with van der Waals surface area (Å²) in [6.07, 6.45) is 4.54. The van der Waals surface area contributed by atoms with Gasteiger partial charge in [0.15, 0.2) is 0 Å². The summed E-state index contributed by atoms with van der Waals surface area (Å²) >= 11 is 18.6. The molecule has 0 saturated carbocycles. The highest BCUT2D eigenvalue weighted by molar-refractivity contribution is 6.35. The van der Waals surface area contributed by atoms with Crippen molar-refractivity contribution >= 4 is 40.7 Å². The highest BCUT2D eigenvalue weighted by Crippen LogP contribution is 2.30. The van der Waals surface area contributed by atoms with E-state index in [9.17, 15) is 4.79 Å². The van der Waals surface area contributed by atoms with Crippen molar-refractivity contribution in [1.29, 1.82) is 0 Å². The Hall–Kier alpha value is -2.31. The molecule has 0 bridgehead atoms. The maximum Gasteiger partial charge on any atom is 0.271 e. The number of hydrogen-bond donors (Lipinski definition) is 2. The van der Waals surface area contributed by atoms with Crippen LogP contribution in [0.1, 0.15) is 30.8 Å². The van der Waals surface area contributed by atoms with Gasteiger partial charge in [0, 0.05) is 40.9 Å². The topological polar surface area (TPSA) is 58.9 Å². The first kappa shape index (κ1) is 25.3. The molecule has 2 unspecified atom stereocenters. The lowest BCUT2D eigenvalue weighted by Gasteiger charge is -2.20. The predicted molar refractivity (Wildman–Crippen MR) is 138 cm³/mol. The van der Waals surface area contributed by atoms with Crippen LogP contribution in [0.3, 0.4) is 0 Å². The summed E-state index contributed by atoms with van der Waals surface area (Å²) in [6, 6.07) is 12.8. The molecular formula is C25H27Cl3N4O. The highest BCUT2D eigenvalue weighted by Gasteiger charge is 2.18. The van der Waals surface area contributed by atoms with Crippen LogP contribution in [0.4, 0.5) is 0 Å². The largest absolute Gasteiger partial charge is 0.349 e. The van der Waals surface area contributed by atoms with Crippen LogP contribution in [0.15, 0.2) is 61.3 Å². The minimum atomic E-state index is -0.261. The van der Waals surface area contributed by atoms with Gasteiger partial charge in [-0.15, -0.1) is 6.58 Å². The van der Waals surface area contributed by atoms with Crippen molar-refractivity contribution < 1.29 is 4.79 Å². The predicted octanol–water partition coefficient (Wildman–Crippen LogP) is 6.42. The molecule has 2 atom stereocenters. The van der Waals surface area contributed by atoms with E-state index in [1.165, 1.54) is 0 Å². The van der Waals surface area contributed by atoms with Crippen molar-refractivity contribution in [2.75, 3.05) is 13.1 Å². The van der Waals surface area contributed by atoms with E-state index >= 15 is 0 Å². The van der Waals surface area contributed by atoms with E-state index in [1.54, 1.807) is 41.1 Å². The second-order valence-corrected chi connectivity index (χ2v) is 9.20. The molecule has 2 aromatic carbocycles. The fourth-order valence-electron chi connectivity index (χ4n) is 3.39. The first-order valence-electron chi connectivity index (χ1n) is 10.7. The molecule has 2 N–H and O–H groups in total. The number of aromatic nitrogens is 2. The van der Waals surface area contributed by atoms with E-state index in [4.69, 9.17) is 34.8 Å². The van der Waals surface area contributed by atoms with Crippen LogP contribution < -0.4 is 10.6 Å². The first-order valence-corrected chi connectivity index (χ1v) is 11.9. The van der Waals surface area contributed by atoms with Crippen molar-refractivity contribution in [1.82, 2.24) is 20.2 Å². The fraction of sp³-hybridized carbons (Fsp3) is 0.280. The maximum absolute atomic E-state index is 12.8. The smallest absolute Gasteiger partial charge is 0.271 e. The molecule has 0 saturated heterocycles. The molecule has 1 aromatic heterocycles. The number of halogens is 3. The number of imidazole rings is 1. The Labute approximate surface area is 209 Å². The average molecular weight is 506 g/mol. The van der Waals surface area contributed by atoms with Crippen molar-refractivity contribution in [2.45, 2.75) is 26.3 Å². The number of benzene rings is 2. The van der Waals surface area contributed by atoms with Gasteiger partial charge in [-0.25, -0.2) is 4.98 Å². The van der Waals surface area contributed by atoms with Gasteiger partial charge < -0.3 is 10.6 Å². The van der Waals surface area contributed by atoms with Gasteiger partial charge in [-0.05, 0) is 61.7 Å². The average Bonchev–Trinajstić information content (AvgIpc) is 3.22. The van der Waals surface area contributed by atoms with E-state index in [2.05, 4.69) is 36.0 Å². The zero-order valence-electron chi connectivity index (χ0n) is 18.6. The number of allylic oxidation sites excluding steroid dienone is 1. The quantitative estimate of drug-likeness (QED) is 0.247. The van der Waals surface area contributed by atoms with Gasteiger partial charge in [-0.1, -0.05) is 47.8 Å². The molecule has 8 heteroatoms. The Morgan fingerprint density at radius 3 is 2.45 bits per heavy atom. The minimum Gasteiger partial charge on any atom is -0.349 e. The number of carbonyl (C=O) groups is 1. The van der Waals surface area contributed by atoms with Crippen LogP contribution in [-0.4, -0.2) is 34.6 Å². The third-order valence-electron chi connectivity index (χ3n) is 5.48. The third kappa shape index (κ3) is 6.61. The standard InChI is InChI=1S/C25H27Cl3N4O/c1-4-5-16(2)17(3)29-12-13-30-25(33)22-15-32(23-11-10-20(27)14-21(23)28)24(31-22)18-6-8-19(26)9-7-18/h4,6-11,14-17,29H,1,5,12-13H2,2-3H3,(H,30,33). The van der Waals surface area contributed by atoms with Crippen LogP contribution in [0.25, 0.3) is 17.1 Å². The maximum atomic E-state index is 12.8. The lowest BCUT2D eigenvalue weighted by atomic mass is 10.00. The lowest BCUT2D eigenvalue weighted by Crippen LogP contribution is -2.38. The molecule has 1 amide bonds. The Morgan fingerprint density at radius 1 is 1.09 bits per heavy atom. The first-order chi connectivity index (χ1) is 15.8. The zero-order chi connectivity index (χ0) is 24.0. The van der Waals surface area contributed by atoms with Crippen LogP contribution >= 0.6 is 34.8 Å². The van der Waals surface area contributed by atoms with E-state index in [1.807, 2.05) is 18.2 Å². The second-order valence-electron chi connectivity index (χ2n) is 7.92. The van der Waals surface area contributed by atoms with Gasteiger partial charge in [-0.3, -0.25) is 9.36 Å². The number of rotatable bonds is 10. The van der Waals surface area contributed by atoms with E-state index in [0.717, 1.165) is 12.0 Å². The third-order valence-corrected chi connectivity index (χ3v) is 6.27. The molecule has 0 radical (unpaired) electrons. The van der Waals surface area contributed by atoms with E-state index < -0.39 is 0 Å². The summed E-state index contributed by atoms with van der Waals surface area (Å²) < 4.78 is 1.79. The van der Waals surface area contributed by atoms with Gasteiger partial charge in [0.05, 0.1) is 10.7 Å². The number of carbonyl (C=O) groups excluding carboxylic acids is 1. The highest BCUT2D eigenvalue weighted by atomic mass is 35.5. The molecule has 174 valence electrons.